The number of benzene rings is 2. The molecule has 0 fully saturated rings. The molecule has 0 saturated heterocycles. The van der Waals surface area contributed by atoms with Crippen molar-refractivity contribution < 1.29 is 14.2 Å². The molecule has 6 nitrogen and oxygen atoms in total. The fourth-order valence-electron chi connectivity index (χ4n) is 3.10. The zero-order chi connectivity index (χ0) is 17.4. The molecule has 4 rings (SSSR count). The van der Waals surface area contributed by atoms with E-state index < -0.39 is 0 Å². The summed E-state index contributed by atoms with van der Waals surface area (Å²) in [5, 5.41) is 1.93. The minimum Gasteiger partial charge on any atom is -0.493 e. The summed E-state index contributed by atoms with van der Waals surface area (Å²) < 4.78 is 18.6. The van der Waals surface area contributed by atoms with E-state index in [4.69, 9.17) is 14.2 Å². The molecule has 0 aliphatic heterocycles. The highest BCUT2D eigenvalue weighted by molar-refractivity contribution is 5.93. The Hall–Kier alpha value is -3.28. The molecular weight excluding hydrogens is 318 g/mol. The van der Waals surface area contributed by atoms with Gasteiger partial charge in [0.15, 0.2) is 11.5 Å². The molecule has 2 aromatic carbocycles. The Kier molecular flexibility index (Phi) is 3.65. The Balaban J connectivity index is 1.98. The van der Waals surface area contributed by atoms with Crippen molar-refractivity contribution in [2.24, 2.45) is 0 Å². The Morgan fingerprint density at radius 3 is 2.52 bits per heavy atom. The van der Waals surface area contributed by atoms with E-state index in [1.165, 1.54) is 0 Å². The quantitative estimate of drug-likeness (QED) is 0.570. The number of ether oxygens (including phenoxy) is 3. The minimum absolute atomic E-state index is 0.585. The molecule has 4 aromatic rings. The zero-order valence-corrected chi connectivity index (χ0v) is 14.2. The van der Waals surface area contributed by atoms with Gasteiger partial charge < -0.3 is 18.8 Å². The molecule has 126 valence electrons. The van der Waals surface area contributed by atoms with E-state index in [9.17, 15) is 0 Å². The van der Waals surface area contributed by atoms with Crippen LogP contribution in [0, 0.1) is 0 Å². The van der Waals surface area contributed by atoms with Gasteiger partial charge in [-0.1, -0.05) is 0 Å². The molecule has 0 amide bonds. The van der Waals surface area contributed by atoms with E-state index in [1.54, 1.807) is 27.7 Å². The Labute approximate surface area is 144 Å². The first-order chi connectivity index (χ1) is 12.3. The largest absolute Gasteiger partial charge is 0.493 e. The monoisotopic (exact) mass is 335 g/mol. The van der Waals surface area contributed by atoms with Gasteiger partial charge in [0.25, 0.3) is 0 Å². The highest BCUT2D eigenvalue weighted by atomic mass is 16.5. The highest BCUT2D eigenvalue weighted by Gasteiger charge is 2.18. The van der Waals surface area contributed by atoms with E-state index in [1.807, 2.05) is 36.7 Å². The first-order valence-electron chi connectivity index (χ1n) is 7.77. The van der Waals surface area contributed by atoms with Gasteiger partial charge in [0.1, 0.15) is 6.33 Å². The zero-order valence-electron chi connectivity index (χ0n) is 14.2. The van der Waals surface area contributed by atoms with Crippen molar-refractivity contribution in [2.75, 3.05) is 21.3 Å². The van der Waals surface area contributed by atoms with Crippen LogP contribution in [-0.4, -0.2) is 35.9 Å². The van der Waals surface area contributed by atoms with Crippen molar-refractivity contribution >= 4 is 21.8 Å². The number of aromatic nitrogens is 3. The molecule has 2 heterocycles. The van der Waals surface area contributed by atoms with E-state index >= 15 is 0 Å². The summed E-state index contributed by atoms with van der Waals surface area (Å²) in [6.07, 6.45) is 5.35. The Bertz CT molecular complexity index is 1070. The van der Waals surface area contributed by atoms with Gasteiger partial charge in [0, 0.05) is 34.9 Å². The average Bonchev–Trinajstić information content (AvgIpc) is 3.09. The smallest absolute Gasteiger partial charge is 0.204 e. The maximum Gasteiger partial charge on any atom is 0.204 e. The van der Waals surface area contributed by atoms with Crippen molar-refractivity contribution in [3.05, 3.63) is 49.1 Å². The van der Waals surface area contributed by atoms with E-state index in [2.05, 4.69) is 20.6 Å². The number of hydrogen-bond acceptors (Lipinski definition) is 5. The van der Waals surface area contributed by atoms with Gasteiger partial charge in [0.05, 0.1) is 32.4 Å². The van der Waals surface area contributed by atoms with Gasteiger partial charge in [-0.15, -0.1) is 0 Å². The van der Waals surface area contributed by atoms with Gasteiger partial charge in [0.2, 0.25) is 5.75 Å². The molecule has 0 aliphatic carbocycles. The van der Waals surface area contributed by atoms with Crippen LogP contribution in [0.4, 0.5) is 0 Å². The van der Waals surface area contributed by atoms with Crippen LogP contribution in [0.25, 0.3) is 27.5 Å². The van der Waals surface area contributed by atoms with Crippen molar-refractivity contribution in [3.8, 4) is 22.9 Å². The van der Waals surface area contributed by atoms with Crippen LogP contribution in [0.3, 0.4) is 0 Å². The number of fused-ring (bicyclic) bond motifs is 2. The summed E-state index contributed by atoms with van der Waals surface area (Å²) in [6.45, 7) is 0. The van der Waals surface area contributed by atoms with E-state index in [-0.39, 0.29) is 0 Å². The Morgan fingerprint density at radius 1 is 0.920 bits per heavy atom. The lowest BCUT2D eigenvalue weighted by Gasteiger charge is -2.14. The third-order valence-corrected chi connectivity index (χ3v) is 4.26. The lowest BCUT2D eigenvalue weighted by Crippen LogP contribution is -1.97. The number of methoxy groups -OCH3 is 3. The molecule has 6 heteroatoms. The lowest BCUT2D eigenvalue weighted by molar-refractivity contribution is 0.327. The summed E-state index contributed by atoms with van der Waals surface area (Å²) in [5.41, 5.74) is 2.88. The summed E-state index contributed by atoms with van der Waals surface area (Å²) >= 11 is 0. The van der Waals surface area contributed by atoms with E-state index in [0.717, 1.165) is 27.5 Å². The lowest BCUT2D eigenvalue weighted by atomic mass is 10.2. The molecule has 25 heavy (non-hydrogen) atoms. The molecule has 0 N–H and O–H groups in total. The predicted octanol–water partition coefficient (Wildman–Crippen LogP) is 3.60. The third kappa shape index (κ3) is 2.34. The van der Waals surface area contributed by atoms with Crippen LogP contribution in [0.2, 0.25) is 0 Å². The fourth-order valence-corrected chi connectivity index (χ4v) is 3.10. The second-order valence-corrected chi connectivity index (χ2v) is 5.53. The summed E-state index contributed by atoms with van der Waals surface area (Å²) in [4.78, 5) is 8.36. The van der Waals surface area contributed by atoms with Crippen molar-refractivity contribution in [2.45, 2.75) is 0 Å². The van der Waals surface area contributed by atoms with Gasteiger partial charge >= 0.3 is 0 Å². The molecule has 0 aliphatic rings. The molecule has 0 atom stereocenters. The second kappa shape index (κ2) is 5.98. The average molecular weight is 335 g/mol. The molecule has 0 unspecified atom stereocenters. The molecular formula is C19H17N3O3. The third-order valence-electron chi connectivity index (χ3n) is 4.26. The number of nitrogens with zero attached hydrogens (tertiary/aromatic N) is 3. The van der Waals surface area contributed by atoms with Gasteiger partial charge in [-0.2, -0.15) is 0 Å². The van der Waals surface area contributed by atoms with Gasteiger partial charge in [-0.05, 0) is 24.3 Å². The minimum atomic E-state index is 0.585. The number of hydrogen-bond donors (Lipinski definition) is 0. The summed E-state index contributed by atoms with van der Waals surface area (Å²) in [5.74, 6) is 1.86. The first-order valence-corrected chi connectivity index (χ1v) is 7.77. The highest BCUT2D eigenvalue weighted by Crippen LogP contribution is 2.44. The summed E-state index contributed by atoms with van der Waals surface area (Å²) in [6, 6.07) is 10.0. The van der Waals surface area contributed by atoms with Crippen LogP contribution >= 0.6 is 0 Å². The first kappa shape index (κ1) is 15.3. The molecule has 0 saturated carbocycles. The molecule has 0 bridgehead atoms. The van der Waals surface area contributed by atoms with Crippen LogP contribution < -0.4 is 14.2 Å². The standard InChI is InChI=1S/C19H17N3O3/c1-23-17-9-16-14(18(24-2)19(17)25-3)6-7-22(16)13-4-5-15-12(8-13)10-20-11-21-15/h4-11H,1-3H3. The predicted molar refractivity (Wildman–Crippen MR) is 96.0 cm³/mol. The van der Waals surface area contributed by atoms with E-state index in [0.29, 0.717) is 17.2 Å². The Morgan fingerprint density at radius 2 is 1.76 bits per heavy atom. The van der Waals surface area contributed by atoms with Crippen LogP contribution in [0.15, 0.2) is 49.1 Å². The maximum absolute atomic E-state index is 5.57. The van der Waals surface area contributed by atoms with Crippen molar-refractivity contribution in [1.29, 1.82) is 0 Å². The van der Waals surface area contributed by atoms with Crippen LogP contribution in [-0.2, 0) is 0 Å². The normalized spacial score (nSPS) is 11.0. The second-order valence-electron chi connectivity index (χ2n) is 5.53. The van der Waals surface area contributed by atoms with Crippen LogP contribution in [0.1, 0.15) is 0 Å². The fraction of sp³-hybridized carbons (Fsp3) is 0.158. The SMILES string of the molecule is COc1cc2c(ccn2-c2ccc3ncncc3c2)c(OC)c1OC. The molecule has 2 aromatic heterocycles. The van der Waals surface area contributed by atoms with Crippen molar-refractivity contribution in [3.63, 3.8) is 0 Å². The van der Waals surface area contributed by atoms with Gasteiger partial charge in [-0.3, -0.25) is 0 Å². The van der Waals surface area contributed by atoms with Crippen LogP contribution in [0.5, 0.6) is 17.2 Å². The molecule has 0 radical (unpaired) electrons. The van der Waals surface area contributed by atoms with Crippen molar-refractivity contribution in [1.82, 2.24) is 14.5 Å². The topological polar surface area (TPSA) is 58.4 Å². The summed E-state index contributed by atoms with van der Waals surface area (Å²) in [7, 11) is 4.84. The molecule has 0 spiro atoms. The van der Waals surface area contributed by atoms with Gasteiger partial charge in [-0.25, -0.2) is 9.97 Å². The number of rotatable bonds is 4. The maximum atomic E-state index is 5.57.